The number of carbonyl (C=O) groups is 1. The minimum absolute atomic E-state index is 0.119. The molecule has 3 rings (SSSR count). The molecular formula is C30H46F2O. The lowest BCUT2D eigenvalue weighted by atomic mass is 9.68. The first-order valence-electron chi connectivity index (χ1n) is 13.9. The van der Waals surface area contributed by atoms with Gasteiger partial charge in [-0.1, -0.05) is 95.4 Å². The van der Waals surface area contributed by atoms with Crippen molar-refractivity contribution >= 4 is 5.78 Å². The van der Waals surface area contributed by atoms with E-state index in [2.05, 4.69) is 6.92 Å². The molecule has 0 N–H and O–H groups in total. The Kier molecular flexibility index (Phi) is 10.4. The second-order valence-electron chi connectivity index (χ2n) is 11.1. The van der Waals surface area contributed by atoms with Gasteiger partial charge in [-0.25, -0.2) is 0 Å². The summed E-state index contributed by atoms with van der Waals surface area (Å²) in [6, 6.07) is 6.99. The van der Waals surface area contributed by atoms with Crippen molar-refractivity contribution in [3.05, 3.63) is 35.4 Å². The minimum atomic E-state index is -3.30. The molecule has 0 unspecified atom stereocenters. The molecule has 0 heterocycles. The Bertz CT molecular complexity index is 689. The third-order valence-corrected chi connectivity index (χ3v) is 8.59. The molecule has 2 aliphatic rings. The summed E-state index contributed by atoms with van der Waals surface area (Å²) in [5.41, 5.74) is 1.33. The van der Waals surface area contributed by atoms with Crippen molar-refractivity contribution in [2.24, 2.45) is 17.8 Å². The highest BCUT2D eigenvalue weighted by atomic mass is 19.3. The third kappa shape index (κ3) is 8.18. The van der Waals surface area contributed by atoms with Gasteiger partial charge in [-0.05, 0) is 67.8 Å². The van der Waals surface area contributed by atoms with Crippen LogP contribution in [0.2, 0.25) is 0 Å². The summed E-state index contributed by atoms with van der Waals surface area (Å²) < 4.78 is 26.6. The van der Waals surface area contributed by atoms with Crippen LogP contribution in [-0.2, 0) is 0 Å². The normalized spacial score (nSPS) is 26.3. The lowest BCUT2D eigenvalue weighted by Gasteiger charge is -2.38. The number of unbranched alkanes of at least 4 members (excludes halogenated alkanes) is 6. The molecule has 0 amide bonds. The van der Waals surface area contributed by atoms with Gasteiger partial charge in [-0.15, -0.1) is 0 Å². The summed E-state index contributed by atoms with van der Waals surface area (Å²) >= 11 is 0. The summed E-state index contributed by atoms with van der Waals surface area (Å²) in [5.74, 6) is -1.10. The molecule has 1 aromatic rings. The number of benzene rings is 1. The van der Waals surface area contributed by atoms with E-state index in [1.54, 1.807) is 12.1 Å². The van der Waals surface area contributed by atoms with Crippen LogP contribution in [0.3, 0.4) is 0 Å². The fourth-order valence-corrected chi connectivity index (χ4v) is 6.42. The molecule has 1 nitrogen and oxygen atoms in total. The number of hydrogen-bond donors (Lipinski definition) is 0. The summed E-state index contributed by atoms with van der Waals surface area (Å²) in [5, 5.41) is 0. The molecular weight excluding hydrogens is 414 g/mol. The van der Waals surface area contributed by atoms with Crippen LogP contribution in [0.5, 0.6) is 0 Å². The van der Waals surface area contributed by atoms with Gasteiger partial charge in [0.15, 0.2) is 0 Å². The lowest BCUT2D eigenvalue weighted by molar-refractivity contribution is 0.0221. The molecule has 2 saturated carbocycles. The first-order chi connectivity index (χ1) is 15.9. The van der Waals surface area contributed by atoms with E-state index >= 15 is 0 Å². The number of hydrogen-bond acceptors (Lipinski definition) is 1. The summed E-state index contributed by atoms with van der Waals surface area (Å²) in [7, 11) is 0. The highest BCUT2D eigenvalue weighted by molar-refractivity contribution is 6.01. The third-order valence-electron chi connectivity index (χ3n) is 8.59. The SMILES string of the molecule is CCCCCCCCC[C@H]1CC[C@H](C2CCC(c3ccc(C(=O)C(C)(F)F)cc3)CC2)CC1. The Labute approximate surface area is 201 Å². The Morgan fingerprint density at radius 3 is 1.85 bits per heavy atom. The molecule has 0 spiro atoms. The smallest absolute Gasteiger partial charge is 0.287 e. The van der Waals surface area contributed by atoms with Crippen LogP contribution in [0.25, 0.3) is 0 Å². The van der Waals surface area contributed by atoms with Crippen molar-refractivity contribution in [2.45, 2.75) is 128 Å². The van der Waals surface area contributed by atoms with Crippen molar-refractivity contribution in [3.63, 3.8) is 0 Å². The van der Waals surface area contributed by atoms with Crippen LogP contribution in [0, 0.1) is 17.8 Å². The Hall–Kier alpha value is -1.25. The number of rotatable bonds is 12. The molecule has 0 radical (unpaired) electrons. The number of carbonyl (C=O) groups excluding carboxylic acids is 1. The number of ketones is 1. The molecule has 3 heteroatoms. The molecule has 0 aromatic heterocycles. The molecule has 2 aliphatic carbocycles. The topological polar surface area (TPSA) is 17.1 Å². The zero-order valence-corrected chi connectivity index (χ0v) is 21.1. The molecule has 1 aromatic carbocycles. The van der Waals surface area contributed by atoms with Gasteiger partial charge in [0, 0.05) is 12.5 Å². The first-order valence-corrected chi connectivity index (χ1v) is 13.9. The van der Waals surface area contributed by atoms with Gasteiger partial charge in [-0.3, -0.25) is 4.79 Å². The van der Waals surface area contributed by atoms with Gasteiger partial charge in [0.1, 0.15) is 0 Å². The Morgan fingerprint density at radius 2 is 1.30 bits per heavy atom. The standard InChI is InChI=1S/C30H46F2O/c1-3-4-5-6-7-8-9-10-23-11-13-24(14-12-23)25-15-17-26(18-16-25)27-19-21-28(22-20-27)29(33)30(2,31)32/h19-26H,3-18H2,1-2H3/t23-,24-,25?,26?. The van der Waals surface area contributed by atoms with Crippen LogP contribution < -0.4 is 0 Å². The average molecular weight is 461 g/mol. The molecule has 2 fully saturated rings. The molecule has 186 valence electrons. The fraction of sp³-hybridized carbons (Fsp3) is 0.767. The van der Waals surface area contributed by atoms with Crippen LogP contribution in [0.15, 0.2) is 24.3 Å². The maximum Gasteiger partial charge on any atom is 0.307 e. The number of Topliss-reactive ketones (excluding diaryl/α,β-unsaturated/α-hetero) is 1. The molecule has 33 heavy (non-hydrogen) atoms. The number of alkyl halides is 2. The van der Waals surface area contributed by atoms with Crippen molar-refractivity contribution in [1.82, 2.24) is 0 Å². The van der Waals surface area contributed by atoms with Gasteiger partial charge in [-0.2, -0.15) is 8.78 Å². The van der Waals surface area contributed by atoms with E-state index in [0.29, 0.717) is 12.8 Å². The van der Waals surface area contributed by atoms with Gasteiger partial charge in [0.05, 0.1) is 0 Å². The van der Waals surface area contributed by atoms with Crippen LogP contribution in [0.1, 0.15) is 138 Å². The first kappa shape index (κ1) is 26.4. The summed E-state index contributed by atoms with van der Waals surface area (Å²) in [6.07, 6.45) is 22.1. The summed E-state index contributed by atoms with van der Waals surface area (Å²) in [4.78, 5) is 11.8. The second kappa shape index (κ2) is 13.0. The predicted octanol–water partition coefficient (Wildman–Crippen LogP) is 9.75. The van der Waals surface area contributed by atoms with E-state index in [9.17, 15) is 13.6 Å². The lowest BCUT2D eigenvalue weighted by Crippen LogP contribution is -2.25. The van der Waals surface area contributed by atoms with Crippen LogP contribution >= 0.6 is 0 Å². The molecule has 0 atom stereocenters. The van der Waals surface area contributed by atoms with E-state index in [4.69, 9.17) is 0 Å². The van der Waals surface area contributed by atoms with E-state index in [-0.39, 0.29) is 5.56 Å². The van der Waals surface area contributed by atoms with Crippen molar-refractivity contribution in [3.8, 4) is 0 Å². The van der Waals surface area contributed by atoms with Gasteiger partial charge >= 0.3 is 5.92 Å². The fourth-order valence-electron chi connectivity index (χ4n) is 6.42. The zero-order valence-electron chi connectivity index (χ0n) is 21.1. The summed E-state index contributed by atoms with van der Waals surface area (Å²) in [6.45, 7) is 2.96. The van der Waals surface area contributed by atoms with Crippen LogP contribution in [0.4, 0.5) is 8.78 Å². The molecule has 0 aliphatic heterocycles. The molecule has 0 bridgehead atoms. The zero-order chi connectivity index (χ0) is 23.7. The Balaban J connectivity index is 1.33. The minimum Gasteiger partial charge on any atom is -0.287 e. The maximum atomic E-state index is 13.3. The Morgan fingerprint density at radius 1 is 0.788 bits per heavy atom. The van der Waals surface area contributed by atoms with Gasteiger partial charge < -0.3 is 0 Å². The predicted molar refractivity (Wildman–Crippen MR) is 134 cm³/mol. The highest BCUT2D eigenvalue weighted by Crippen LogP contribution is 2.44. The van der Waals surface area contributed by atoms with Gasteiger partial charge in [0.2, 0.25) is 5.78 Å². The second-order valence-corrected chi connectivity index (χ2v) is 11.1. The largest absolute Gasteiger partial charge is 0.307 e. The van der Waals surface area contributed by atoms with Crippen molar-refractivity contribution < 1.29 is 13.6 Å². The maximum absolute atomic E-state index is 13.3. The van der Waals surface area contributed by atoms with E-state index in [0.717, 1.165) is 17.8 Å². The van der Waals surface area contributed by atoms with Crippen molar-refractivity contribution in [2.75, 3.05) is 0 Å². The molecule has 0 saturated heterocycles. The highest BCUT2D eigenvalue weighted by Gasteiger charge is 2.34. The van der Waals surface area contributed by atoms with Crippen LogP contribution in [-0.4, -0.2) is 11.7 Å². The van der Waals surface area contributed by atoms with E-state index < -0.39 is 11.7 Å². The van der Waals surface area contributed by atoms with E-state index in [1.807, 2.05) is 12.1 Å². The monoisotopic (exact) mass is 460 g/mol. The van der Waals surface area contributed by atoms with Crippen molar-refractivity contribution in [1.29, 1.82) is 0 Å². The average Bonchev–Trinajstić information content (AvgIpc) is 2.83. The van der Waals surface area contributed by atoms with Gasteiger partial charge in [0.25, 0.3) is 0 Å². The number of halogens is 2. The van der Waals surface area contributed by atoms with E-state index in [1.165, 1.54) is 108 Å². The quantitative estimate of drug-likeness (QED) is 0.224.